The molecule has 0 radical (unpaired) electrons. The molecule has 1 saturated heterocycles. The zero-order chi connectivity index (χ0) is 17.1. The molecule has 0 bridgehead atoms. The Morgan fingerprint density at radius 3 is 2.92 bits per heavy atom. The van der Waals surface area contributed by atoms with Crippen LogP contribution in [0.15, 0.2) is 12.1 Å². The molecule has 2 aromatic heterocycles. The van der Waals surface area contributed by atoms with E-state index in [0.717, 1.165) is 25.9 Å². The number of nitrogen functional groups attached to an aromatic ring is 1. The monoisotopic (exact) mass is 384 g/mol. The third kappa shape index (κ3) is 3.88. The number of rotatable bonds is 7. The summed E-state index contributed by atoms with van der Waals surface area (Å²) in [4.78, 5) is 31.0. The smallest absolute Gasteiger partial charge is 0.222 e. The van der Waals surface area contributed by atoms with Crippen molar-refractivity contribution in [2.24, 2.45) is 0 Å². The average molecular weight is 385 g/mol. The zero-order valence-electron chi connectivity index (χ0n) is 12.9. The van der Waals surface area contributed by atoms with Crippen LogP contribution in [0.5, 0.6) is 0 Å². The maximum Gasteiger partial charge on any atom is 0.222 e. The first-order valence-corrected chi connectivity index (χ1v) is 9.63. The van der Waals surface area contributed by atoms with Crippen molar-refractivity contribution in [3.05, 3.63) is 26.2 Å². The summed E-state index contributed by atoms with van der Waals surface area (Å²) in [6, 6.07) is 3.38. The molecule has 2 aromatic rings. The first-order valence-electron chi connectivity index (χ1n) is 7.62. The Morgan fingerprint density at radius 2 is 2.25 bits per heavy atom. The van der Waals surface area contributed by atoms with Crippen LogP contribution >= 0.6 is 34.3 Å². The highest BCUT2D eigenvalue weighted by Gasteiger charge is 2.20. The molecule has 0 atom stereocenters. The van der Waals surface area contributed by atoms with E-state index >= 15 is 0 Å². The molecule has 6 nitrogen and oxygen atoms in total. The van der Waals surface area contributed by atoms with Crippen LogP contribution in [0.3, 0.4) is 0 Å². The SMILES string of the molecule is Nc1nc(NCCCN2CCCC2=O)sc1C(=O)c1ccc(Cl)s1. The fraction of sp³-hybridized carbons (Fsp3) is 0.400. The molecule has 9 heteroatoms. The van der Waals surface area contributed by atoms with Crippen molar-refractivity contribution in [3.63, 3.8) is 0 Å². The van der Waals surface area contributed by atoms with Crippen LogP contribution in [0.2, 0.25) is 4.34 Å². The second-order valence-corrected chi connectivity index (χ2v) is 8.15. The van der Waals surface area contributed by atoms with Gasteiger partial charge in [-0.25, -0.2) is 4.98 Å². The van der Waals surface area contributed by atoms with Crippen LogP contribution < -0.4 is 11.1 Å². The largest absolute Gasteiger partial charge is 0.382 e. The predicted octanol–water partition coefficient (Wildman–Crippen LogP) is 3.10. The lowest BCUT2D eigenvalue weighted by molar-refractivity contribution is -0.127. The number of nitrogens with two attached hydrogens (primary N) is 1. The number of carbonyl (C=O) groups excluding carboxylic acids is 2. The van der Waals surface area contributed by atoms with Crippen LogP contribution in [0.1, 0.15) is 33.8 Å². The molecule has 3 N–H and O–H groups in total. The van der Waals surface area contributed by atoms with Crippen molar-refractivity contribution >= 4 is 56.9 Å². The van der Waals surface area contributed by atoms with Gasteiger partial charge in [0.2, 0.25) is 11.7 Å². The summed E-state index contributed by atoms with van der Waals surface area (Å²) in [5, 5.41) is 3.79. The molecule has 1 fully saturated rings. The zero-order valence-corrected chi connectivity index (χ0v) is 15.3. The molecule has 0 unspecified atom stereocenters. The number of anilines is 2. The van der Waals surface area contributed by atoms with E-state index in [-0.39, 0.29) is 17.5 Å². The van der Waals surface area contributed by atoms with Gasteiger partial charge in [0, 0.05) is 26.1 Å². The lowest BCUT2D eigenvalue weighted by Gasteiger charge is -2.14. The van der Waals surface area contributed by atoms with Crippen LogP contribution in [-0.4, -0.2) is 41.2 Å². The Kier molecular flexibility index (Phi) is 5.37. The molecule has 128 valence electrons. The predicted molar refractivity (Wildman–Crippen MR) is 98.2 cm³/mol. The third-order valence-corrected chi connectivity index (χ3v) is 5.97. The van der Waals surface area contributed by atoms with Crippen molar-refractivity contribution in [2.45, 2.75) is 19.3 Å². The van der Waals surface area contributed by atoms with E-state index in [1.165, 1.54) is 22.7 Å². The second kappa shape index (κ2) is 7.50. The van der Waals surface area contributed by atoms with Gasteiger partial charge in [-0.2, -0.15) is 0 Å². The molecule has 1 aliphatic rings. The van der Waals surface area contributed by atoms with Gasteiger partial charge in [0.15, 0.2) is 5.13 Å². The highest BCUT2D eigenvalue weighted by Crippen LogP contribution is 2.30. The molecule has 24 heavy (non-hydrogen) atoms. The van der Waals surface area contributed by atoms with E-state index in [4.69, 9.17) is 17.3 Å². The minimum absolute atomic E-state index is 0.155. The number of thiophene rings is 1. The lowest BCUT2D eigenvalue weighted by Crippen LogP contribution is -2.26. The molecule has 0 aliphatic carbocycles. The number of ketones is 1. The summed E-state index contributed by atoms with van der Waals surface area (Å²) >= 11 is 8.34. The number of nitrogens with zero attached hydrogens (tertiary/aromatic N) is 2. The molecule has 3 rings (SSSR count). The Bertz CT molecular complexity index is 758. The molecular weight excluding hydrogens is 368 g/mol. The van der Waals surface area contributed by atoms with Gasteiger partial charge < -0.3 is 16.0 Å². The summed E-state index contributed by atoms with van der Waals surface area (Å²) in [6.45, 7) is 2.27. The number of halogens is 1. The standard InChI is InChI=1S/C15H17ClN4O2S2/c16-10-5-4-9(23-10)12(22)13-14(17)19-15(24-13)18-6-2-8-20-7-1-3-11(20)21/h4-5H,1-3,6-8,17H2,(H,18,19). The number of carbonyl (C=O) groups is 2. The topological polar surface area (TPSA) is 88.3 Å². The van der Waals surface area contributed by atoms with Gasteiger partial charge in [-0.05, 0) is 25.0 Å². The number of nitrogens with one attached hydrogen (secondary N) is 1. The number of thiazole rings is 1. The highest BCUT2D eigenvalue weighted by atomic mass is 35.5. The highest BCUT2D eigenvalue weighted by molar-refractivity contribution is 7.21. The maximum atomic E-state index is 12.4. The number of likely N-dealkylation sites (tertiary alicyclic amines) is 1. The molecule has 1 aliphatic heterocycles. The fourth-order valence-corrected chi connectivity index (χ4v) is 4.44. The first kappa shape index (κ1) is 17.2. The second-order valence-electron chi connectivity index (χ2n) is 5.43. The number of hydrogen-bond donors (Lipinski definition) is 2. The first-order chi connectivity index (χ1) is 11.5. The van der Waals surface area contributed by atoms with E-state index in [9.17, 15) is 9.59 Å². The van der Waals surface area contributed by atoms with Gasteiger partial charge in [0.1, 0.15) is 10.7 Å². The Balaban J connectivity index is 1.54. The van der Waals surface area contributed by atoms with E-state index in [1.807, 2.05) is 4.90 Å². The summed E-state index contributed by atoms with van der Waals surface area (Å²) in [5.74, 6) is 0.306. The van der Waals surface area contributed by atoms with Crippen LogP contribution in [-0.2, 0) is 4.79 Å². The number of hydrogen-bond acceptors (Lipinski definition) is 7. The number of aromatic nitrogens is 1. The van der Waals surface area contributed by atoms with Crippen molar-refractivity contribution in [1.29, 1.82) is 0 Å². The van der Waals surface area contributed by atoms with Crippen molar-refractivity contribution < 1.29 is 9.59 Å². The molecule has 3 heterocycles. The molecule has 0 aromatic carbocycles. The minimum Gasteiger partial charge on any atom is -0.382 e. The van der Waals surface area contributed by atoms with Gasteiger partial charge >= 0.3 is 0 Å². The average Bonchev–Trinajstić information content (AvgIpc) is 3.25. The summed E-state index contributed by atoms with van der Waals surface area (Å²) < 4.78 is 0.566. The van der Waals surface area contributed by atoms with E-state index in [2.05, 4.69) is 10.3 Å². The van der Waals surface area contributed by atoms with E-state index < -0.39 is 0 Å². The summed E-state index contributed by atoms with van der Waals surface area (Å²) in [5.41, 5.74) is 5.87. The quantitative estimate of drug-likeness (QED) is 0.565. The van der Waals surface area contributed by atoms with Crippen LogP contribution in [0.4, 0.5) is 10.9 Å². The minimum atomic E-state index is -0.155. The Morgan fingerprint density at radius 1 is 1.42 bits per heavy atom. The van der Waals surface area contributed by atoms with Crippen molar-refractivity contribution in [1.82, 2.24) is 9.88 Å². The summed E-state index contributed by atoms with van der Waals surface area (Å²) in [6.07, 6.45) is 2.44. The molecule has 0 saturated carbocycles. The normalized spacial score (nSPS) is 14.4. The molecule has 1 amide bonds. The van der Waals surface area contributed by atoms with Crippen LogP contribution in [0, 0.1) is 0 Å². The lowest BCUT2D eigenvalue weighted by atomic mass is 10.3. The number of amides is 1. The van der Waals surface area contributed by atoms with Gasteiger partial charge in [0.05, 0.1) is 9.21 Å². The van der Waals surface area contributed by atoms with Gasteiger partial charge in [-0.3, -0.25) is 9.59 Å². The van der Waals surface area contributed by atoms with Gasteiger partial charge in [0.25, 0.3) is 0 Å². The molecule has 0 spiro atoms. The Hall–Kier alpha value is -1.64. The van der Waals surface area contributed by atoms with E-state index in [0.29, 0.717) is 32.2 Å². The third-order valence-electron chi connectivity index (χ3n) is 3.71. The fourth-order valence-electron chi connectivity index (χ4n) is 2.52. The summed E-state index contributed by atoms with van der Waals surface area (Å²) in [7, 11) is 0. The van der Waals surface area contributed by atoms with E-state index in [1.54, 1.807) is 12.1 Å². The Labute approximate surface area is 152 Å². The van der Waals surface area contributed by atoms with Crippen molar-refractivity contribution in [3.8, 4) is 0 Å². The van der Waals surface area contributed by atoms with Gasteiger partial charge in [-0.15, -0.1) is 11.3 Å². The van der Waals surface area contributed by atoms with Gasteiger partial charge in [-0.1, -0.05) is 22.9 Å². The van der Waals surface area contributed by atoms with Crippen LogP contribution in [0.25, 0.3) is 0 Å². The maximum absolute atomic E-state index is 12.4. The van der Waals surface area contributed by atoms with Crippen molar-refractivity contribution in [2.75, 3.05) is 30.7 Å². The molecular formula is C15H17ClN4O2S2.